The monoisotopic (exact) mass is 655 g/mol. The van der Waals surface area contributed by atoms with E-state index < -0.39 is 0 Å². The Morgan fingerprint density at radius 3 is 2.04 bits per heavy atom. The number of aromatic nitrogens is 1. The van der Waals surface area contributed by atoms with Crippen molar-refractivity contribution in [1.29, 1.82) is 0 Å². The summed E-state index contributed by atoms with van der Waals surface area (Å²) in [6, 6.07) is 55.5. The Labute approximate surface area is 295 Å². The molecule has 4 heteroatoms. The maximum atomic E-state index is 6.68. The van der Waals surface area contributed by atoms with Crippen molar-refractivity contribution in [1.82, 2.24) is 4.57 Å². The van der Waals surface area contributed by atoms with Gasteiger partial charge < -0.3 is 8.98 Å². The van der Waals surface area contributed by atoms with Crippen LogP contribution >= 0.6 is 0 Å². The highest BCUT2D eigenvalue weighted by atomic mass is 16.3. The molecule has 0 spiro atoms. The van der Waals surface area contributed by atoms with Gasteiger partial charge in [0.05, 0.1) is 28.1 Å². The lowest BCUT2D eigenvalue weighted by molar-refractivity contribution is 0.668. The number of allylic oxidation sites excluding steroid dienone is 1. The summed E-state index contributed by atoms with van der Waals surface area (Å²) in [5.74, 6) is 0.786. The second-order valence-corrected chi connectivity index (χ2v) is 13.4. The van der Waals surface area contributed by atoms with Crippen LogP contribution in [-0.2, 0) is 0 Å². The fourth-order valence-electron chi connectivity index (χ4n) is 7.75. The summed E-state index contributed by atoms with van der Waals surface area (Å²) in [5.41, 5.74) is 10.1. The van der Waals surface area contributed by atoms with E-state index in [0.717, 1.165) is 73.2 Å². The molecule has 0 fully saturated rings. The second kappa shape index (κ2) is 11.8. The van der Waals surface area contributed by atoms with Crippen molar-refractivity contribution in [3.8, 4) is 5.69 Å². The maximum Gasteiger partial charge on any atom is 0.160 e. The van der Waals surface area contributed by atoms with Gasteiger partial charge in [-0.1, -0.05) is 134 Å². The molecule has 0 N–H and O–H groups in total. The third kappa shape index (κ3) is 4.91. The number of rotatable bonds is 4. The number of aliphatic imine (C=N–C) groups is 2. The van der Waals surface area contributed by atoms with Crippen molar-refractivity contribution in [3.05, 3.63) is 180 Å². The zero-order chi connectivity index (χ0) is 33.9. The molecular weight excluding hydrogens is 623 g/mol. The van der Waals surface area contributed by atoms with E-state index >= 15 is 0 Å². The molecule has 51 heavy (non-hydrogen) atoms. The molecule has 0 saturated heterocycles. The van der Waals surface area contributed by atoms with Crippen molar-refractivity contribution in [3.63, 3.8) is 0 Å². The third-order valence-corrected chi connectivity index (χ3v) is 10.2. The van der Waals surface area contributed by atoms with Gasteiger partial charge in [-0.25, -0.2) is 9.98 Å². The molecule has 3 heterocycles. The number of nitrogens with zero attached hydrogens (tertiary/aromatic N) is 3. The van der Waals surface area contributed by atoms with Crippen LogP contribution in [0.15, 0.2) is 178 Å². The first-order valence-corrected chi connectivity index (χ1v) is 17.6. The number of hydrogen-bond donors (Lipinski definition) is 0. The summed E-state index contributed by atoms with van der Waals surface area (Å²) < 4.78 is 9.07. The highest BCUT2D eigenvalue weighted by Crippen LogP contribution is 2.40. The van der Waals surface area contributed by atoms with Gasteiger partial charge in [0.15, 0.2) is 5.84 Å². The Morgan fingerprint density at radius 1 is 0.569 bits per heavy atom. The van der Waals surface area contributed by atoms with E-state index in [9.17, 15) is 0 Å². The third-order valence-electron chi connectivity index (χ3n) is 10.2. The van der Waals surface area contributed by atoms with Crippen LogP contribution in [0.1, 0.15) is 30.0 Å². The van der Waals surface area contributed by atoms with Crippen molar-refractivity contribution < 1.29 is 4.42 Å². The molecule has 1 aliphatic rings. The predicted octanol–water partition coefficient (Wildman–Crippen LogP) is 12.2. The lowest BCUT2D eigenvalue weighted by Gasteiger charge is -2.20. The molecule has 1 atom stereocenters. The van der Waals surface area contributed by atoms with Gasteiger partial charge in [0.2, 0.25) is 0 Å². The minimum atomic E-state index is 0.0899. The van der Waals surface area contributed by atoms with Gasteiger partial charge >= 0.3 is 0 Å². The van der Waals surface area contributed by atoms with Crippen LogP contribution in [0, 0.1) is 5.92 Å². The fourth-order valence-corrected chi connectivity index (χ4v) is 7.75. The lowest BCUT2D eigenvalue weighted by Crippen LogP contribution is -2.18. The average Bonchev–Trinajstić information content (AvgIpc) is 3.71. The van der Waals surface area contributed by atoms with Gasteiger partial charge in [-0.05, 0) is 53.1 Å². The number of furan rings is 1. The second-order valence-electron chi connectivity index (χ2n) is 13.4. The minimum absolute atomic E-state index is 0.0899. The highest BCUT2D eigenvalue weighted by molar-refractivity contribution is 6.23. The van der Waals surface area contributed by atoms with Gasteiger partial charge in [-0.3, -0.25) is 0 Å². The lowest BCUT2D eigenvalue weighted by atomic mass is 9.90. The number of para-hydroxylation sites is 2. The normalized spacial score (nSPS) is 16.3. The molecule has 0 saturated carbocycles. The standard InChI is InChI=1S/C47H33N3O/c1-30-24-25-40(31-14-4-2-5-15-31)48-47(32-16-6-3-7-17-32)49-46(30)39-28-35(29-44-45(39)37-21-11-13-23-43(37)51-44)50-41-22-12-10-20-36(41)38-26-33-18-8-9-19-34(33)27-42(38)50/h2-23,25-30H,24H2,1H3/b40-25+,48-47?,49-46?/t30-/m1/s1. The molecule has 1 aliphatic heterocycles. The number of benzene rings is 7. The Hall–Kier alpha value is -6.52. The summed E-state index contributed by atoms with van der Waals surface area (Å²) in [4.78, 5) is 10.8. The number of amidine groups is 1. The van der Waals surface area contributed by atoms with Gasteiger partial charge in [-0.15, -0.1) is 0 Å². The summed E-state index contributed by atoms with van der Waals surface area (Å²) in [6.07, 6.45) is 3.06. The van der Waals surface area contributed by atoms with Gasteiger partial charge in [0.25, 0.3) is 0 Å². The van der Waals surface area contributed by atoms with E-state index in [4.69, 9.17) is 14.4 Å². The molecule has 0 amide bonds. The first kappa shape index (κ1) is 29.4. The Kier molecular flexibility index (Phi) is 6.81. The maximum absolute atomic E-state index is 6.68. The topological polar surface area (TPSA) is 42.8 Å². The van der Waals surface area contributed by atoms with Gasteiger partial charge in [0, 0.05) is 44.7 Å². The van der Waals surface area contributed by atoms with E-state index in [1.54, 1.807) is 0 Å². The Balaban J connectivity index is 1.28. The Morgan fingerprint density at radius 2 is 1.24 bits per heavy atom. The first-order chi connectivity index (χ1) is 25.2. The number of hydrogen-bond acceptors (Lipinski definition) is 3. The van der Waals surface area contributed by atoms with Crippen LogP contribution in [0.5, 0.6) is 0 Å². The summed E-state index contributed by atoms with van der Waals surface area (Å²) in [5, 5.41) is 7.04. The largest absolute Gasteiger partial charge is 0.456 e. The van der Waals surface area contributed by atoms with Crippen molar-refractivity contribution in [2.75, 3.05) is 0 Å². The predicted molar refractivity (Wildman–Crippen MR) is 213 cm³/mol. The van der Waals surface area contributed by atoms with Crippen LogP contribution in [-0.4, -0.2) is 16.1 Å². The molecule has 4 nitrogen and oxygen atoms in total. The minimum Gasteiger partial charge on any atom is -0.456 e. The molecule has 10 rings (SSSR count). The fraction of sp³-hybridized carbons (Fsp3) is 0.0638. The molecule has 9 aromatic rings. The van der Waals surface area contributed by atoms with Crippen LogP contribution in [0.4, 0.5) is 0 Å². The van der Waals surface area contributed by atoms with E-state index in [0.29, 0.717) is 5.84 Å². The van der Waals surface area contributed by atoms with E-state index in [2.05, 4.69) is 157 Å². The smallest absolute Gasteiger partial charge is 0.160 e. The molecular formula is C47H33N3O. The van der Waals surface area contributed by atoms with E-state index in [1.807, 2.05) is 18.2 Å². The molecule has 0 unspecified atom stereocenters. The average molecular weight is 656 g/mol. The summed E-state index contributed by atoms with van der Waals surface area (Å²) >= 11 is 0. The van der Waals surface area contributed by atoms with E-state index in [-0.39, 0.29) is 5.92 Å². The SMILES string of the molecule is C[C@@H]1C/C=C(\c2ccccc2)N=C(c2ccccc2)N=C1c1cc(-n2c3ccccc3c3cc4ccccc4cc32)cc2oc3ccccc3c12. The molecule has 0 bridgehead atoms. The zero-order valence-electron chi connectivity index (χ0n) is 28.1. The van der Waals surface area contributed by atoms with Crippen molar-refractivity contribution in [2.24, 2.45) is 15.9 Å². The van der Waals surface area contributed by atoms with Gasteiger partial charge in [-0.2, -0.15) is 0 Å². The molecule has 7 aromatic carbocycles. The van der Waals surface area contributed by atoms with Crippen LogP contribution < -0.4 is 0 Å². The molecule has 242 valence electrons. The number of fused-ring (bicyclic) bond motifs is 7. The summed E-state index contributed by atoms with van der Waals surface area (Å²) in [7, 11) is 0. The van der Waals surface area contributed by atoms with Crippen LogP contribution in [0.25, 0.3) is 65.9 Å². The van der Waals surface area contributed by atoms with Crippen molar-refractivity contribution in [2.45, 2.75) is 13.3 Å². The van der Waals surface area contributed by atoms with E-state index in [1.165, 1.54) is 21.5 Å². The van der Waals surface area contributed by atoms with Crippen LogP contribution in [0.3, 0.4) is 0 Å². The summed E-state index contributed by atoms with van der Waals surface area (Å²) in [6.45, 7) is 2.28. The highest BCUT2D eigenvalue weighted by Gasteiger charge is 2.24. The zero-order valence-corrected chi connectivity index (χ0v) is 28.1. The quantitative estimate of drug-likeness (QED) is 0.186. The molecule has 0 aliphatic carbocycles. The molecule has 0 radical (unpaired) electrons. The van der Waals surface area contributed by atoms with Gasteiger partial charge in [0.1, 0.15) is 11.2 Å². The van der Waals surface area contributed by atoms with Crippen molar-refractivity contribution >= 4 is 71.8 Å². The Bertz CT molecular complexity index is 2890. The molecule has 2 aromatic heterocycles. The first-order valence-electron chi connectivity index (χ1n) is 17.6. The van der Waals surface area contributed by atoms with Crippen LogP contribution in [0.2, 0.25) is 0 Å².